The summed E-state index contributed by atoms with van der Waals surface area (Å²) in [4.78, 5) is 12.0. The van der Waals surface area contributed by atoms with Crippen LogP contribution in [0.1, 0.15) is 18.9 Å². The number of thioether (sulfide) groups is 1. The maximum Gasteiger partial charge on any atom is 0.233 e. The Morgan fingerprint density at radius 1 is 1.38 bits per heavy atom. The number of hydrogen-bond donors (Lipinski definition) is 2. The minimum Gasteiger partial charge on any atom is -0.351 e. The molecular formula is C16H23ClN2OS. The predicted molar refractivity (Wildman–Crippen MR) is 93.0 cm³/mol. The van der Waals surface area contributed by atoms with Gasteiger partial charge in [0.1, 0.15) is 0 Å². The number of carbonyl (C=O) groups is 1. The molecule has 0 aromatic heterocycles. The molecule has 0 spiro atoms. The van der Waals surface area contributed by atoms with Gasteiger partial charge in [-0.05, 0) is 25.5 Å². The van der Waals surface area contributed by atoms with Crippen LogP contribution in [-0.4, -0.2) is 30.8 Å². The SMILES string of the molecule is CC(SCc1ccccc1)C(=O)NCC1=CCNCC1.Cl. The normalized spacial score (nSPS) is 15.6. The molecule has 1 aliphatic heterocycles. The molecule has 3 nitrogen and oxygen atoms in total. The highest BCUT2D eigenvalue weighted by Gasteiger charge is 2.13. The Morgan fingerprint density at radius 2 is 2.14 bits per heavy atom. The van der Waals surface area contributed by atoms with Gasteiger partial charge in [-0.3, -0.25) is 4.79 Å². The van der Waals surface area contributed by atoms with Crippen LogP contribution in [0.25, 0.3) is 0 Å². The van der Waals surface area contributed by atoms with E-state index in [-0.39, 0.29) is 23.6 Å². The zero-order valence-electron chi connectivity index (χ0n) is 12.3. The quantitative estimate of drug-likeness (QED) is 0.790. The average Bonchev–Trinajstić information content (AvgIpc) is 2.52. The fourth-order valence-corrected chi connectivity index (χ4v) is 2.92. The standard InChI is InChI=1S/C16H22N2OS.ClH/c1-13(20-12-15-5-3-2-4-6-15)16(19)18-11-14-7-9-17-10-8-14;/h2-7,13,17H,8-12H2,1H3,(H,18,19);1H. The predicted octanol–water partition coefficient (Wildman–Crippen LogP) is 2.77. The number of nitrogens with one attached hydrogen (secondary N) is 2. The van der Waals surface area contributed by atoms with E-state index in [0.29, 0.717) is 6.54 Å². The third-order valence-corrected chi connectivity index (χ3v) is 4.57. The minimum atomic E-state index is -0.0162. The van der Waals surface area contributed by atoms with Crippen molar-refractivity contribution in [2.24, 2.45) is 0 Å². The van der Waals surface area contributed by atoms with E-state index in [1.807, 2.05) is 25.1 Å². The molecule has 1 atom stereocenters. The highest BCUT2D eigenvalue weighted by atomic mass is 35.5. The largest absolute Gasteiger partial charge is 0.351 e. The molecule has 1 aromatic rings. The van der Waals surface area contributed by atoms with Crippen molar-refractivity contribution in [3.8, 4) is 0 Å². The number of carbonyl (C=O) groups excluding carboxylic acids is 1. The monoisotopic (exact) mass is 326 g/mol. The van der Waals surface area contributed by atoms with Gasteiger partial charge in [-0.2, -0.15) is 0 Å². The number of hydrogen-bond acceptors (Lipinski definition) is 3. The van der Waals surface area contributed by atoms with E-state index >= 15 is 0 Å². The van der Waals surface area contributed by atoms with Crippen molar-refractivity contribution in [1.29, 1.82) is 0 Å². The molecule has 1 amide bonds. The van der Waals surface area contributed by atoms with Crippen molar-refractivity contribution in [2.75, 3.05) is 19.6 Å². The first-order valence-corrected chi connectivity index (χ1v) is 8.12. The zero-order valence-corrected chi connectivity index (χ0v) is 13.9. The van der Waals surface area contributed by atoms with Crippen molar-refractivity contribution in [2.45, 2.75) is 24.3 Å². The van der Waals surface area contributed by atoms with Crippen molar-refractivity contribution in [3.63, 3.8) is 0 Å². The fraction of sp³-hybridized carbons (Fsp3) is 0.438. The van der Waals surface area contributed by atoms with E-state index in [9.17, 15) is 4.79 Å². The van der Waals surface area contributed by atoms with Gasteiger partial charge in [0.05, 0.1) is 5.25 Å². The lowest BCUT2D eigenvalue weighted by atomic mass is 10.1. The molecule has 116 valence electrons. The second kappa shape index (κ2) is 9.87. The summed E-state index contributed by atoms with van der Waals surface area (Å²) in [7, 11) is 0. The average molecular weight is 327 g/mol. The van der Waals surface area contributed by atoms with Crippen LogP contribution in [0.5, 0.6) is 0 Å². The van der Waals surface area contributed by atoms with Gasteiger partial charge < -0.3 is 10.6 Å². The summed E-state index contributed by atoms with van der Waals surface area (Å²) in [6.07, 6.45) is 3.21. The van der Waals surface area contributed by atoms with E-state index in [1.165, 1.54) is 11.1 Å². The Labute approximate surface area is 137 Å². The van der Waals surface area contributed by atoms with Crippen molar-refractivity contribution in [3.05, 3.63) is 47.5 Å². The highest BCUT2D eigenvalue weighted by Crippen LogP contribution is 2.17. The van der Waals surface area contributed by atoms with Gasteiger partial charge in [0.25, 0.3) is 0 Å². The molecular weight excluding hydrogens is 304 g/mol. The van der Waals surface area contributed by atoms with Crippen molar-refractivity contribution in [1.82, 2.24) is 10.6 Å². The number of benzene rings is 1. The van der Waals surface area contributed by atoms with E-state index in [1.54, 1.807) is 11.8 Å². The molecule has 1 aliphatic rings. The van der Waals surface area contributed by atoms with Crippen LogP contribution >= 0.6 is 24.2 Å². The smallest absolute Gasteiger partial charge is 0.233 e. The van der Waals surface area contributed by atoms with Crippen LogP contribution in [0.4, 0.5) is 0 Å². The Morgan fingerprint density at radius 3 is 2.81 bits per heavy atom. The van der Waals surface area contributed by atoms with E-state index in [0.717, 1.165) is 25.3 Å². The molecule has 1 unspecified atom stereocenters. The number of amides is 1. The molecule has 0 saturated carbocycles. The van der Waals surface area contributed by atoms with Gasteiger partial charge in [-0.15, -0.1) is 24.2 Å². The molecule has 0 saturated heterocycles. The lowest BCUT2D eigenvalue weighted by Crippen LogP contribution is -2.34. The van der Waals surface area contributed by atoms with Gasteiger partial charge in [0, 0.05) is 18.8 Å². The molecule has 2 rings (SSSR count). The van der Waals surface area contributed by atoms with Gasteiger partial charge >= 0.3 is 0 Å². The maximum atomic E-state index is 12.0. The molecule has 0 fully saturated rings. The summed E-state index contributed by atoms with van der Waals surface area (Å²) >= 11 is 1.68. The minimum absolute atomic E-state index is 0. The Balaban J connectivity index is 0.00000220. The van der Waals surface area contributed by atoms with Crippen LogP contribution in [0.3, 0.4) is 0 Å². The Kier molecular flexibility index (Phi) is 8.50. The summed E-state index contributed by atoms with van der Waals surface area (Å²) in [5, 5.41) is 6.29. The first-order valence-electron chi connectivity index (χ1n) is 7.07. The van der Waals surface area contributed by atoms with Crippen molar-refractivity contribution < 1.29 is 4.79 Å². The van der Waals surface area contributed by atoms with Gasteiger partial charge in [0.15, 0.2) is 0 Å². The second-order valence-electron chi connectivity index (χ2n) is 4.97. The van der Waals surface area contributed by atoms with E-state index in [4.69, 9.17) is 0 Å². The fourth-order valence-electron chi connectivity index (χ4n) is 2.05. The van der Waals surface area contributed by atoms with Crippen LogP contribution in [0.15, 0.2) is 42.0 Å². The summed E-state index contributed by atoms with van der Waals surface area (Å²) in [5.74, 6) is 1.01. The molecule has 0 radical (unpaired) electrons. The first kappa shape index (κ1) is 18.1. The Bertz CT molecular complexity index is 465. The third kappa shape index (κ3) is 6.55. The molecule has 0 bridgehead atoms. The maximum absolute atomic E-state index is 12.0. The molecule has 1 aromatic carbocycles. The summed E-state index contributed by atoms with van der Waals surface area (Å²) in [6.45, 7) is 4.60. The lowest BCUT2D eigenvalue weighted by molar-refractivity contribution is -0.120. The molecule has 0 aliphatic carbocycles. The van der Waals surface area contributed by atoms with Crippen molar-refractivity contribution >= 4 is 30.1 Å². The molecule has 21 heavy (non-hydrogen) atoms. The van der Waals surface area contributed by atoms with Crippen LogP contribution in [0, 0.1) is 0 Å². The summed E-state index contributed by atoms with van der Waals surface area (Å²) in [6, 6.07) is 10.3. The number of rotatable bonds is 6. The first-order chi connectivity index (χ1) is 9.75. The van der Waals surface area contributed by atoms with Crippen LogP contribution < -0.4 is 10.6 Å². The van der Waals surface area contributed by atoms with Gasteiger partial charge in [0.2, 0.25) is 5.91 Å². The number of halogens is 1. The van der Waals surface area contributed by atoms with Gasteiger partial charge in [-0.25, -0.2) is 0 Å². The molecule has 2 N–H and O–H groups in total. The van der Waals surface area contributed by atoms with Crippen LogP contribution in [0.2, 0.25) is 0 Å². The lowest BCUT2D eigenvalue weighted by Gasteiger charge is -2.16. The third-order valence-electron chi connectivity index (χ3n) is 3.36. The zero-order chi connectivity index (χ0) is 14.2. The summed E-state index contributed by atoms with van der Waals surface area (Å²) in [5.41, 5.74) is 2.59. The highest BCUT2D eigenvalue weighted by molar-refractivity contribution is 7.99. The molecule has 5 heteroatoms. The Hall–Kier alpha value is -0.970. The topological polar surface area (TPSA) is 41.1 Å². The molecule has 1 heterocycles. The summed E-state index contributed by atoms with van der Waals surface area (Å²) < 4.78 is 0. The van der Waals surface area contributed by atoms with E-state index in [2.05, 4.69) is 28.8 Å². The second-order valence-corrected chi connectivity index (χ2v) is 6.30. The van der Waals surface area contributed by atoms with Gasteiger partial charge in [-0.1, -0.05) is 42.0 Å². The van der Waals surface area contributed by atoms with E-state index < -0.39 is 0 Å². The van der Waals surface area contributed by atoms with Crippen LogP contribution in [-0.2, 0) is 10.5 Å².